The van der Waals surface area contributed by atoms with E-state index in [0.29, 0.717) is 24.4 Å². The van der Waals surface area contributed by atoms with Crippen LogP contribution in [0.15, 0.2) is 97.1 Å². The van der Waals surface area contributed by atoms with Crippen molar-refractivity contribution in [2.75, 3.05) is 19.6 Å². The molecule has 2 fully saturated rings. The minimum Gasteiger partial charge on any atom is -0.392 e. The summed E-state index contributed by atoms with van der Waals surface area (Å²) < 4.78 is 13.4. The summed E-state index contributed by atoms with van der Waals surface area (Å²) in [4.78, 5) is 2.40. The molecule has 2 aliphatic rings. The zero-order valence-corrected chi connectivity index (χ0v) is 25.9. The third-order valence-corrected chi connectivity index (χ3v) is 9.61. The monoisotopic (exact) mass is 612 g/mol. The number of nitrogens with two attached hydrogens (primary N) is 1. The third kappa shape index (κ3) is 6.63. The van der Waals surface area contributed by atoms with Crippen LogP contribution in [0, 0.1) is 5.92 Å². The first-order valence-corrected chi connectivity index (χ1v) is 15.8. The molecule has 4 aromatic rings. The van der Waals surface area contributed by atoms with E-state index >= 15 is 0 Å². The predicted octanol–water partition coefficient (Wildman–Crippen LogP) is 6.73. The lowest BCUT2D eigenvalue weighted by Gasteiger charge is -2.45. The number of hydrogen-bond acceptors (Lipinski definition) is 6. The molecule has 0 aliphatic carbocycles. The van der Waals surface area contributed by atoms with Crippen molar-refractivity contribution >= 4 is 11.6 Å². The van der Waals surface area contributed by atoms with Crippen LogP contribution in [0.1, 0.15) is 60.0 Å². The van der Waals surface area contributed by atoms with Crippen LogP contribution in [-0.2, 0) is 28.2 Å². The molecule has 0 bridgehead atoms. The molecule has 2 heterocycles. The van der Waals surface area contributed by atoms with Crippen molar-refractivity contribution in [1.29, 1.82) is 0 Å². The van der Waals surface area contributed by atoms with Gasteiger partial charge in [-0.1, -0.05) is 103 Å². The summed E-state index contributed by atoms with van der Waals surface area (Å²) in [6.45, 7) is 4.95. The number of aliphatic hydroxyl groups excluding tert-OH is 1. The van der Waals surface area contributed by atoms with Crippen molar-refractivity contribution in [3.8, 4) is 11.1 Å². The van der Waals surface area contributed by atoms with E-state index in [1.54, 1.807) is 0 Å². The molecule has 7 heteroatoms. The zero-order chi connectivity index (χ0) is 30.7. The Morgan fingerprint density at radius 1 is 0.864 bits per heavy atom. The van der Waals surface area contributed by atoms with Crippen LogP contribution in [0.5, 0.6) is 0 Å². The van der Waals surface area contributed by atoms with Gasteiger partial charge in [-0.25, -0.2) is 0 Å². The first kappa shape index (κ1) is 30.9. The smallest absolute Gasteiger partial charge is 0.184 e. The standard InChI is InChI=1S/C37H41ClN2O4/c1-25-34(23-40-20-18-37(42,19-21-40)31-14-16-32(38)17-15-31)43-36(44-35(25)28-8-6-26(24-41)7-9-28)29-12-10-27(11-13-29)33-5-3-2-4-30(33)22-39/h2-17,25,34-36,41-42H,18-24,39H2,1H3/t25-,34+,35+,36+/m0/s1. The second-order valence-corrected chi connectivity index (χ2v) is 12.6. The number of aliphatic hydroxyl groups is 2. The SMILES string of the molecule is C[C@H]1[C@@H](CN2CCC(O)(c3ccc(Cl)cc3)CC2)O[C@@H](c2ccc(-c3ccccc3CN)cc2)O[C@H]1c1ccc(CO)cc1. The fourth-order valence-electron chi connectivity index (χ4n) is 6.54. The molecular formula is C37H41ClN2O4. The maximum Gasteiger partial charge on any atom is 0.184 e. The fourth-order valence-corrected chi connectivity index (χ4v) is 6.66. The highest BCUT2D eigenvalue weighted by molar-refractivity contribution is 6.30. The van der Waals surface area contributed by atoms with Crippen molar-refractivity contribution in [2.45, 2.75) is 57.0 Å². The lowest BCUT2D eigenvalue weighted by atomic mass is 9.84. The van der Waals surface area contributed by atoms with Gasteiger partial charge >= 0.3 is 0 Å². The Bertz CT molecular complexity index is 1520. The van der Waals surface area contributed by atoms with Crippen molar-refractivity contribution in [3.63, 3.8) is 0 Å². The van der Waals surface area contributed by atoms with Gasteiger partial charge in [-0.15, -0.1) is 0 Å². The summed E-state index contributed by atoms with van der Waals surface area (Å²) in [5.74, 6) is 0.0824. The van der Waals surface area contributed by atoms with Crippen molar-refractivity contribution in [2.24, 2.45) is 11.7 Å². The molecule has 6 nitrogen and oxygen atoms in total. The topological polar surface area (TPSA) is 88.2 Å². The number of benzene rings is 4. The van der Waals surface area contributed by atoms with Crippen molar-refractivity contribution in [1.82, 2.24) is 4.90 Å². The minimum atomic E-state index is -0.854. The summed E-state index contributed by atoms with van der Waals surface area (Å²) >= 11 is 6.09. The normalized spacial score (nSPS) is 23.8. The van der Waals surface area contributed by atoms with Crippen LogP contribution in [0.3, 0.4) is 0 Å². The fraction of sp³-hybridized carbons (Fsp3) is 0.351. The second kappa shape index (κ2) is 13.5. The van der Waals surface area contributed by atoms with E-state index in [1.165, 1.54) is 0 Å². The van der Waals surface area contributed by atoms with Gasteiger partial charge in [-0.3, -0.25) is 0 Å². The molecule has 0 aromatic heterocycles. The molecular weight excluding hydrogens is 572 g/mol. The molecule has 0 radical (unpaired) electrons. The highest BCUT2D eigenvalue weighted by atomic mass is 35.5. The summed E-state index contributed by atoms with van der Waals surface area (Å²) in [6, 6.07) is 32.1. The number of hydrogen-bond donors (Lipinski definition) is 3. The molecule has 0 unspecified atom stereocenters. The van der Waals surface area contributed by atoms with Gasteiger partial charge in [0.05, 0.1) is 24.4 Å². The average molecular weight is 613 g/mol. The van der Waals surface area contributed by atoms with Crippen LogP contribution < -0.4 is 5.73 Å². The Morgan fingerprint density at radius 3 is 2.18 bits per heavy atom. The van der Waals surface area contributed by atoms with Crippen LogP contribution in [-0.4, -0.2) is 40.9 Å². The first-order valence-electron chi connectivity index (χ1n) is 15.5. The third-order valence-electron chi connectivity index (χ3n) is 9.36. The maximum absolute atomic E-state index is 11.4. The van der Waals surface area contributed by atoms with Gasteiger partial charge in [0, 0.05) is 42.7 Å². The number of ether oxygens (including phenoxy) is 2. The van der Waals surface area contributed by atoms with Gasteiger partial charge < -0.3 is 30.3 Å². The number of likely N-dealkylation sites (tertiary alicyclic amines) is 1. The van der Waals surface area contributed by atoms with E-state index in [1.807, 2.05) is 60.7 Å². The molecule has 4 N–H and O–H groups in total. The Morgan fingerprint density at radius 2 is 1.52 bits per heavy atom. The van der Waals surface area contributed by atoms with E-state index in [0.717, 1.165) is 58.6 Å². The van der Waals surface area contributed by atoms with Crippen molar-refractivity contribution < 1.29 is 19.7 Å². The number of nitrogens with zero attached hydrogens (tertiary/aromatic N) is 1. The van der Waals surface area contributed by atoms with Gasteiger partial charge in [0.2, 0.25) is 0 Å². The lowest BCUT2D eigenvalue weighted by molar-refractivity contribution is -0.277. The molecule has 2 aliphatic heterocycles. The Labute approximate surface area is 265 Å². The van der Waals surface area contributed by atoms with Crippen molar-refractivity contribution in [3.05, 3.63) is 130 Å². The molecule has 0 saturated carbocycles. The Hall–Kier alpha value is -3.07. The van der Waals surface area contributed by atoms with Crippen LogP contribution in [0.4, 0.5) is 0 Å². The predicted molar refractivity (Wildman–Crippen MR) is 174 cm³/mol. The van der Waals surface area contributed by atoms with Crippen LogP contribution in [0.2, 0.25) is 5.02 Å². The maximum atomic E-state index is 11.4. The molecule has 0 spiro atoms. The first-order chi connectivity index (χ1) is 21.4. The molecule has 230 valence electrons. The summed E-state index contributed by atoms with van der Waals surface area (Å²) in [5.41, 5.74) is 12.3. The zero-order valence-electron chi connectivity index (χ0n) is 25.1. The van der Waals surface area contributed by atoms with E-state index in [9.17, 15) is 10.2 Å². The summed E-state index contributed by atoms with van der Waals surface area (Å²) in [7, 11) is 0. The molecule has 2 saturated heterocycles. The quantitative estimate of drug-likeness (QED) is 0.204. The minimum absolute atomic E-state index is 0.00663. The van der Waals surface area contributed by atoms with E-state index in [2.05, 4.69) is 48.2 Å². The van der Waals surface area contributed by atoms with Gasteiger partial charge in [-0.2, -0.15) is 0 Å². The van der Waals surface area contributed by atoms with Gasteiger partial charge in [0.25, 0.3) is 0 Å². The summed E-state index contributed by atoms with van der Waals surface area (Å²) in [6.07, 6.45) is 0.491. The van der Waals surface area contributed by atoms with Gasteiger partial charge in [0.1, 0.15) is 0 Å². The molecule has 44 heavy (non-hydrogen) atoms. The highest BCUT2D eigenvalue weighted by Gasteiger charge is 2.41. The highest BCUT2D eigenvalue weighted by Crippen LogP contribution is 2.43. The Kier molecular flexibility index (Phi) is 9.50. The van der Waals surface area contributed by atoms with Crippen LogP contribution >= 0.6 is 11.6 Å². The van der Waals surface area contributed by atoms with E-state index < -0.39 is 11.9 Å². The molecule has 4 atom stereocenters. The average Bonchev–Trinajstić information content (AvgIpc) is 3.07. The Balaban J connectivity index is 1.21. The van der Waals surface area contributed by atoms with E-state index in [-0.39, 0.29) is 24.7 Å². The number of rotatable bonds is 8. The van der Waals surface area contributed by atoms with Gasteiger partial charge in [0.15, 0.2) is 6.29 Å². The lowest BCUT2D eigenvalue weighted by Crippen LogP contribution is -2.49. The molecule has 6 rings (SSSR count). The summed E-state index contributed by atoms with van der Waals surface area (Å²) in [5, 5.41) is 21.7. The van der Waals surface area contributed by atoms with Gasteiger partial charge in [-0.05, 0) is 58.4 Å². The molecule has 0 amide bonds. The second-order valence-electron chi connectivity index (χ2n) is 12.1. The molecule has 4 aromatic carbocycles. The van der Waals surface area contributed by atoms with Crippen LogP contribution in [0.25, 0.3) is 11.1 Å². The number of piperidine rings is 1. The number of halogens is 1. The van der Waals surface area contributed by atoms with E-state index in [4.69, 9.17) is 26.8 Å². The largest absolute Gasteiger partial charge is 0.392 e.